The van der Waals surface area contributed by atoms with E-state index in [9.17, 15) is 0 Å². The Morgan fingerprint density at radius 2 is 2.14 bits per heavy atom. The van der Waals surface area contributed by atoms with Gasteiger partial charge in [0.05, 0.1) is 0 Å². The molecule has 1 heterocycles. The fourth-order valence-corrected chi connectivity index (χ4v) is 3.50. The lowest BCUT2D eigenvalue weighted by atomic mass is 9.87. The van der Waals surface area contributed by atoms with E-state index < -0.39 is 0 Å². The van der Waals surface area contributed by atoms with Crippen LogP contribution in [0.5, 0.6) is 0 Å². The first-order valence-electron chi connectivity index (χ1n) is 5.82. The van der Waals surface area contributed by atoms with Crippen molar-refractivity contribution in [2.45, 2.75) is 57.7 Å². The third-order valence-electron chi connectivity index (χ3n) is 2.99. The van der Waals surface area contributed by atoms with Crippen molar-refractivity contribution in [1.82, 2.24) is 5.32 Å². The van der Waals surface area contributed by atoms with Gasteiger partial charge in [0.1, 0.15) is 0 Å². The van der Waals surface area contributed by atoms with E-state index >= 15 is 0 Å². The second kappa shape index (κ2) is 5.41. The molecule has 1 rings (SSSR count). The van der Waals surface area contributed by atoms with Gasteiger partial charge in [-0.25, -0.2) is 0 Å². The summed E-state index contributed by atoms with van der Waals surface area (Å²) < 4.78 is 0. The van der Waals surface area contributed by atoms with Crippen molar-refractivity contribution in [3.8, 4) is 0 Å². The second-order valence-electron chi connectivity index (χ2n) is 5.55. The summed E-state index contributed by atoms with van der Waals surface area (Å²) >= 11 is 2.16. The van der Waals surface area contributed by atoms with E-state index in [0.29, 0.717) is 5.41 Å². The summed E-state index contributed by atoms with van der Waals surface area (Å²) in [6.45, 7) is 7.00. The van der Waals surface area contributed by atoms with Crippen LogP contribution in [0.15, 0.2) is 0 Å². The minimum Gasteiger partial charge on any atom is -0.316 e. The van der Waals surface area contributed by atoms with E-state index in [-0.39, 0.29) is 0 Å². The summed E-state index contributed by atoms with van der Waals surface area (Å²) in [5.74, 6) is 1.37. The fraction of sp³-hybridized carbons (Fsp3) is 1.00. The molecule has 1 aliphatic heterocycles. The van der Waals surface area contributed by atoms with Crippen LogP contribution in [0.2, 0.25) is 0 Å². The maximum absolute atomic E-state index is 3.50. The van der Waals surface area contributed by atoms with Gasteiger partial charge < -0.3 is 5.32 Å². The van der Waals surface area contributed by atoms with Gasteiger partial charge in [0.25, 0.3) is 0 Å². The first-order chi connectivity index (χ1) is 6.53. The third kappa shape index (κ3) is 4.22. The maximum Gasteiger partial charge on any atom is 0.0201 e. The predicted molar refractivity (Wildman–Crippen MR) is 67.0 cm³/mol. The Hall–Kier alpha value is 0.310. The van der Waals surface area contributed by atoms with Crippen molar-refractivity contribution in [3.63, 3.8) is 0 Å². The minimum absolute atomic E-state index is 0.484. The summed E-state index contributed by atoms with van der Waals surface area (Å²) in [5.41, 5.74) is 0.484. The van der Waals surface area contributed by atoms with Crippen molar-refractivity contribution < 1.29 is 0 Å². The van der Waals surface area contributed by atoms with Gasteiger partial charge in [0.2, 0.25) is 0 Å². The number of hydrogen-bond donors (Lipinski definition) is 1. The zero-order chi connectivity index (χ0) is 10.6. The Labute approximate surface area is 93.4 Å². The highest BCUT2D eigenvalue weighted by Crippen LogP contribution is 2.32. The minimum atomic E-state index is 0.484. The van der Waals surface area contributed by atoms with Gasteiger partial charge in [-0.15, -0.1) is 0 Å². The van der Waals surface area contributed by atoms with E-state index in [0.717, 1.165) is 11.3 Å². The van der Waals surface area contributed by atoms with Crippen LogP contribution in [0.3, 0.4) is 0 Å². The zero-order valence-electron chi connectivity index (χ0n) is 10.1. The van der Waals surface area contributed by atoms with Gasteiger partial charge in [-0.05, 0) is 43.9 Å². The molecule has 0 spiro atoms. The van der Waals surface area contributed by atoms with Gasteiger partial charge in [0, 0.05) is 11.3 Å². The van der Waals surface area contributed by atoms with Crippen LogP contribution in [0.25, 0.3) is 0 Å². The Bertz CT molecular complexity index is 156. The molecular weight excluding hydrogens is 190 g/mol. The smallest absolute Gasteiger partial charge is 0.0201 e. The highest BCUT2D eigenvalue weighted by Gasteiger charge is 2.25. The molecule has 2 unspecified atom stereocenters. The summed E-state index contributed by atoms with van der Waals surface area (Å²) in [4.78, 5) is 0. The lowest BCUT2D eigenvalue weighted by Crippen LogP contribution is -2.35. The molecule has 1 nitrogen and oxygen atoms in total. The zero-order valence-corrected chi connectivity index (χ0v) is 10.9. The number of nitrogens with one attached hydrogen (secondary N) is 1. The van der Waals surface area contributed by atoms with E-state index in [2.05, 4.69) is 44.9 Å². The molecule has 2 heteroatoms. The first-order valence-corrected chi connectivity index (χ1v) is 6.87. The van der Waals surface area contributed by atoms with Crippen LogP contribution < -0.4 is 5.32 Å². The first kappa shape index (κ1) is 12.4. The molecule has 14 heavy (non-hydrogen) atoms. The molecule has 2 atom stereocenters. The Balaban J connectivity index is 2.31. The van der Waals surface area contributed by atoms with Gasteiger partial charge in [-0.3, -0.25) is 0 Å². The number of thioether (sulfide) groups is 1. The molecular formula is C12H25NS. The standard InChI is InChI=1S/C12H25NS/c1-12(2,3)8-7-10(13-4)11-6-5-9-14-11/h10-11,13H,5-9H2,1-4H3. The molecule has 0 aliphatic carbocycles. The monoisotopic (exact) mass is 215 g/mol. The molecule has 0 saturated carbocycles. The molecule has 0 aromatic carbocycles. The molecule has 0 bridgehead atoms. The molecule has 0 aromatic heterocycles. The second-order valence-corrected chi connectivity index (χ2v) is 6.89. The lowest BCUT2D eigenvalue weighted by molar-refractivity contribution is 0.331. The van der Waals surface area contributed by atoms with Crippen LogP contribution in [0.4, 0.5) is 0 Å². The van der Waals surface area contributed by atoms with Gasteiger partial charge in [-0.2, -0.15) is 11.8 Å². The van der Waals surface area contributed by atoms with Crippen LogP contribution in [0, 0.1) is 5.41 Å². The van der Waals surface area contributed by atoms with E-state index in [1.807, 2.05) is 0 Å². The van der Waals surface area contributed by atoms with E-state index in [1.54, 1.807) is 0 Å². The fourth-order valence-electron chi connectivity index (χ4n) is 2.02. The molecule has 1 saturated heterocycles. The van der Waals surface area contributed by atoms with Crippen LogP contribution >= 0.6 is 11.8 Å². The molecule has 0 aromatic rings. The molecule has 0 amide bonds. The summed E-state index contributed by atoms with van der Waals surface area (Å²) in [5, 5.41) is 4.37. The predicted octanol–water partition coefficient (Wildman–Crippen LogP) is 3.30. The van der Waals surface area contributed by atoms with E-state index in [1.165, 1.54) is 31.4 Å². The molecule has 1 N–H and O–H groups in total. The summed E-state index contributed by atoms with van der Waals surface area (Å²) in [7, 11) is 2.12. The van der Waals surface area contributed by atoms with Crippen molar-refractivity contribution in [2.24, 2.45) is 5.41 Å². The SMILES string of the molecule is CNC(CCC(C)(C)C)C1CCCS1. The van der Waals surface area contributed by atoms with Crippen LogP contribution in [-0.2, 0) is 0 Å². The van der Waals surface area contributed by atoms with Crippen molar-refractivity contribution in [3.05, 3.63) is 0 Å². The molecule has 1 fully saturated rings. The highest BCUT2D eigenvalue weighted by molar-refractivity contribution is 8.00. The van der Waals surface area contributed by atoms with Gasteiger partial charge >= 0.3 is 0 Å². The number of rotatable bonds is 4. The Morgan fingerprint density at radius 3 is 2.57 bits per heavy atom. The average molecular weight is 215 g/mol. The van der Waals surface area contributed by atoms with Gasteiger partial charge in [-0.1, -0.05) is 20.8 Å². The molecule has 84 valence electrons. The quantitative estimate of drug-likeness (QED) is 0.772. The topological polar surface area (TPSA) is 12.0 Å². The van der Waals surface area contributed by atoms with Crippen LogP contribution in [0.1, 0.15) is 46.5 Å². The lowest BCUT2D eigenvalue weighted by Gasteiger charge is -2.26. The van der Waals surface area contributed by atoms with Crippen LogP contribution in [-0.4, -0.2) is 24.1 Å². The Kier molecular flexibility index (Phi) is 4.78. The molecule has 1 aliphatic rings. The average Bonchev–Trinajstić information content (AvgIpc) is 2.56. The maximum atomic E-state index is 3.50. The Morgan fingerprint density at radius 1 is 1.43 bits per heavy atom. The summed E-state index contributed by atoms with van der Waals surface area (Å²) in [6.07, 6.45) is 5.50. The third-order valence-corrected chi connectivity index (χ3v) is 4.51. The van der Waals surface area contributed by atoms with Crippen molar-refractivity contribution in [2.75, 3.05) is 12.8 Å². The van der Waals surface area contributed by atoms with Gasteiger partial charge in [0.15, 0.2) is 0 Å². The van der Waals surface area contributed by atoms with Crippen molar-refractivity contribution >= 4 is 11.8 Å². The van der Waals surface area contributed by atoms with E-state index in [4.69, 9.17) is 0 Å². The normalized spacial score (nSPS) is 25.3. The summed E-state index contributed by atoms with van der Waals surface area (Å²) in [6, 6.07) is 0.738. The van der Waals surface area contributed by atoms with Crippen molar-refractivity contribution in [1.29, 1.82) is 0 Å². The highest BCUT2D eigenvalue weighted by atomic mass is 32.2. The largest absolute Gasteiger partial charge is 0.316 e. The molecule has 0 radical (unpaired) electrons. The number of hydrogen-bond acceptors (Lipinski definition) is 2.